The van der Waals surface area contributed by atoms with Gasteiger partial charge in [-0.2, -0.15) is 5.10 Å². The van der Waals surface area contributed by atoms with E-state index in [1.54, 1.807) is 11.3 Å². The van der Waals surface area contributed by atoms with E-state index in [-0.39, 0.29) is 5.91 Å². The molecular weight excluding hydrogens is 344 g/mol. The van der Waals surface area contributed by atoms with E-state index in [9.17, 15) is 4.79 Å². The lowest BCUT2D eigenvalue weighted by atomic mass is 10.1. The van der Waals surface area contributed by atoms with Gasteiger partial charge in [0.2, 0.25) is 0 Å². The minimum absolute atomic E-state index is 0.187. The van der Waals surface area contributed by atoms with E-state index in [0.29, 0.717) is 5.56 Å². The number of nitrogens with one attached hydrogen (secondary N) is 1. The highest BCUT2D eigenvalue weighted by atomic mass is 32.1. The zero-order valence-electron chi connectivity index (χ0n) is 14.6. The van der Waals surface area contributed by atoms with Gasteiger partial charge in [-0.15, -0.1) is 11.3 Å². The summed E-state index contributed by atoms with van der Waals surface area (Å²) in [5, 5.41) is 7.22. The SMILES string of the molecule is CN1CCC(=NNC(=O)c2cc(-c3cccs3)nc3ccccc23)CC1. The highest BCUT2D eigenvalue weighted by molar-refractivity contribution is 7.13. The van der Waals surface area contributed by atoms with Crippen molar-refractivity contribution in [2.75, 3.05) is 20.1 Å². The number of amides is 1. The van der Waals surface area contributed by atoms with Gasteiger partial charge in [-0.1, -0.05) is 24.3 Å². The monoisotopic (exact) mass is 364 g/mol. The maximum Gasteiger partial charge on any atom is 0.272 e. The van der Waals surface area contributed by atoms with E-state index in [2.05, 4.69) is 22.5 Å². The van der Waals surface area contributed by atoms with Crippen LogP contribution in [0.5, 0.6) is 0 Å². The quantitative estimate of drug-likeness (QED) is 0.720. The van der Waals surface area contributed by atoms with Crippen LogP contribution >= 0.6 is 11.3 Å². The summed E-state index contributed by atoms with van der Waals surface area (Å²) < 4.78 is 0. The topological polar surface area (TPSA) is 57.6 Å². The number of hydrazone groups is 1. The Kier molecular flexibility index (Phi) is 4.77. The minimum Gasteiger partial charge on any atom is -0.306 e. The molecule has 2 aromatic heterocycles. The molecule has 1 N–H and O–H groups in total. The molecule has 26 heavy (non-hydrogen) atoms. The van der Waals surface area contributed by atoms with Crippen molar-refractivity contribution in [3.8, 4) is 10.6 Å². The fourth-order valence-corrected chi connectivity index (χ4v) is 3.78. The Morgan fingerprint density at radius 1 is 1.19 bits per heavy atom. The Morgan fingerprint density at radius 2 is 2.00 bits per heavy atom. The molecule has 1 aliphatic rings. The van der Waals surface area contributed by atoms with E-state index in [0.717, 1.165) is 53.1 Å². The first-order valence-electron chi connectivity index (χ1n) is 8.69. The summed E-state index contributed by atoms with van der Waals surface area (Å²) in [6.07, 6.45) is 1.79. The number of para-hydroxylation sites is 1. The Balaban J connectivity index is 1.66. The molecule has 6 heteroatoms. The van der Waals surface area contributed by atoms with Crippen molar-refractivity contribution in [2.45, 2.75) is 12.8 Å². The molecule has 3 aromatic rings. The number of hydrogen-bond acceptors (Lipinski definition) is 5. The van der Waals surface area contributed by atoms with Crippen LogP contribution in [0.1, 0.15) is 23.2 Å². The van der Waals surface area contributed by atoms with Crippen LogP contribution in [0.15, 0.2) is 52.9 Å². The van der Waals surface area contributed by atoms with Crippen molar-refractivity contribution in [1.29, 1.82) is 0 Å². The van der Waals surface area contributed by atoms with E-state index in [1.807, 2.05) is 47.8 Å². The second kappa shape index (κ2) is 7.35. The summed E-state index contributed by atoms with van der Waals surface area (Å²) in [6.45, 7) is 1.96. The predicted molar refractivity (Wildman–Crippen MR) is 107 cm³/mol. The van der Waals surface area contributed by atoms with Gasteiger partial charge >= 0.3 is 0 Å². The molecule has 4 rings (SSSR count). The molecule has 0 bridgehead atoms. The third kappa shape index (κ3) is 3.52. The number of fused-ring (bicyclic) bond motifs is 1. The summed E-state index contributed by atoms with van der Waals surface area (Å²) in [4.78, 5) is 20.9. The molecule has 132 valence electrons. The van der Waals surface area contributed by atoms with Crippen LogP contribution in [-0.4, -0.2) is 41.6 Å². The molecule has 0 aliphatic carbocycles. The van der Waals surface area contributed by atoms with Gasteiger partial charge in [0, 0.05) is 37.0 Å². The van der Waals surface area contributed by atoms with Gasteiger partial charge in [-0.3, -0.25) is 4.79 Å². The molecule has 1 fully saturated rings. The molecule has 1 aliphatic heterocycles. The van der Waals surface area contributed by atoms with Crippen molar-refractivity contribution >= 4 is 33.9 Å². The maximum absolute atomic E-state index is 12.8. The average molecular weight is 364 g/mol. The Labute approximate surface area is 156 Å². The highest BCUT2D eigenvalue weighted by Crippen LogP contribution is 2.27. The van der Waals surface area contributed by atoms with Gasteiger partial charge < -0.3 is 4.90 Å². The first-order valence-corrected chi connectivity index (χ1v) is 9.56. The van der Waals surface area contributed by atoms with Gasteiger partial charge in [-0.25, -0.2) is 10.4 Å². The number of rotatable bonds is 3. The van der Waals surface area contributed by atoms with Crippen LogP contribution in [0.3, 0.4) is 0 Å². The second-order valence-corrected chi connectivity index (χ2v) is 7.42. The first-order chi connectivity index (χ1) is 12.7. The molecule has 1 aromatic carbocycles. The van der Waals surface area contributed by atoms with Crippen LogP contribution < -0.4 is 5.43 Å². The number of likely N-dealkylation sites (tertiary alicyclic amines) is 1. The summed E-state index contributed by atoms with van der Waals surface area (Å²) in [5.41, 5.74) is 6.04. The number of piperidine rings is 1. The molecule has 0 atom stereocenters. The van der Waals surface area contributed by atoms with Crippen LogP contribution in [0.25, 0.3) is 21.5 Å². The number of pyridine rings is 1. The maximum atomic E-state index is 12.8. The van der Waals surface area contributed by atoms with E-state index >= 15 is 0 Å². The number of hydrogen-bond donors (Lipinski definition) is 1. The highest BCUT2D eigenvalue weighted by Gasteiger charge is 2.15. The van der Waals surface area contributed by atoms with Gasteiger partial charge in [0.1, 0.15) is 0 Å². The molecule has 0 unspecified atom stereocenters. The zero-order chi connectivity index (χ0) is 17.9. The van der Waals surface area contributed by atoms with Crippen molar-refractivity contribution < 1.29 is 4.79 Å². The van der Waals surface area contributed by atoms with Crippen molar-refractivity contribution in [2.24, 2.45) is 5.10 Å². The lowest BCUT2D eigenvalue weighted by molar-refractivity contribution is 0.0956. The van der Waals surface area contributed by atoms with Gasteiger partial charge in [-0.05, 0) is 30.6 Å². The number of thiophene rings is 1. The van der Waals surface area contributed by atoms with Gasteiger partial charge in [0.05, 0.1) is 21.7 Å². The van der Waals surface area contributed by atoms with E-state index in [1.165, 1.54) is 0 Å². The van der Waals surface area contributed by atoms with Crippen LogP contribution in [0.2, 0.25) is 0 Å². The molecule has 0 spiro atoms. The third-order valence-electron chi connectivity index (χ3n) is 4.61. The Morgan fingerprint density at radius 3 is 2.77 bits per heavy atom. The summed E-state index contributed by atoms with van der Waals surface area (Å²) in [7, 11) is 2.10. The zero-order valence-corrected chi connectivity index (χ0v) is 15.4. The average Bonchev–Trinajstić information content (AvgIpc) is 3.21. The predicted octanol–water partition coefficient (Wildman–Crippen LogP) is 3.77. The molecule has 5 nitrogen and oxygen atoms in total. The lowest BCUT2D eigenvalue weighted by Gasteiger charge is -2.22. The molecule has 1 amide bonds. The van der Waals surface area contributed by atoms with Crippen LogP contribution in [0, 0.1) is 0 Å². The molecular formula is C20H20N4OS. The molecule has 3 heterocycles. The molecule has 1 saturated heterocycles. The molecule has 0 radical (unpaired) electrons. The fraction of sp³-hybridized carbons (Fsp3) is 0.250. The van der Waals surface area contributed by atoms with Crippen LogP contribution in [0.4, 0.5) is 0 Å². The smallest absolute Gasteiger partial charge is 0.272 e. The third-order valence-corrected chi connectivity index (χ3v) is 5.51. The normalized spacial score (nSPS) is 15.2. The summed E-state index contributed by atoms with van der Waals surface area (Å²) in [5.74, 6) is -0.187. The summed E-state index contributed by atoms with van der Waals surface area (Å²) in [6, 6.07) is 13.6. The number of aromatic nitrogens is 1. The second-order valence-electron chi connectivity index (χ2n) is 6.47. The van der Waals surface area contributed by atoms with Crippen molar-refractivity contribution in [1.82, 2.24) is 15.3 Å². The van der Waals surface area contributed by atoms with Gasteiger partial charge in [0.15, 0.2) is 0 Å². The Bertz CT molecular complexity index is 955. The first kappa shape index (κ1) is 16.9. The fourth-order valence-electron chi connectivity index (χ4n) is 3.09. The van der Waals surface area contributed by atoms with Crippen LogP contribution in [-0.2, 0) is 0 Å². The molecule has 0 saturated carbocycles. The van der Waals surface area contributed by atoms with E-state index < -0.39 is 0 Å². The summed E-state index contributed by atoms with van der Waals surface area (Å²) >= 11 is 1.61. The standard InChI is InChI=1S/C20H20N4OS/c1-24-10-8-14(9-11-24)22-23-20(25)16-13-18(19-7-4-12-26-19)21-17-6-3-2-5-15(16)17/h2-7,12-13H,8-11H2,1H3,(H,23,25). The lowest BCUT2D eigenvalue weighted by Crippen LogP contribution is -2.32. The van der Waals surface area contributed by atoms with E-state index in [4.69, 9.17) is 4.98 Å². The number of nitrogens with zero attached hydrogens (tertiary/aromatic N) is 3. The largest absolute Gasteiger partial charge is 0.306 e. The van der Waals surface area contributed by atoms with Gasteiger partial charge in [0.25, 0.3) is 5.91 Å². The van der Waals surface area contributed by atoms with Crippen molar-refractivity contribution in [3.05, 3.63) is 53.4 Å². The number of carbonyl (C=O) groups is 1. The Hall–Kier alpha value is -2.57. The van der Waals surface area contributed by atoms with Crippen molar-refractivity contribution in [3.63, 3.8) is 0 Å². The minimum atomic E-state index is -0.187. The number of carbonyl (C=O) groups excluding carboxylic acids is 1. The number of benzene rings is 1.